The van der Waals surface area contributed by atoms with Crippen LogP contribution < -0.4 is 10.6 Å². The summed E-state index contributed by atoms with van der Waals surface area (Å²) in [5.41, 5.74) is 0.755. The third kappa shape index (κ3) is 6.04. The van der Waals surface area contributed by atoms with E-state index < -0.39 is 11.7 Å². The minimum absolute atomic E-state index is 0.133. The third-order valence-corrected chi connectivity index (χ3v) is 7.69. The van der Waals surface area contributed by atoms with Crippen LogP contribution in [0, 0.1) is 5.92 Å². The van der Waals surface area contributed by atoms with E-state index >= 15 is 0 Å². The molecule has 1 aromatic carbocycles. The van der Waals surface area contributed by atoms with Crippen LogP contribution in [0.25, 0.3) is 11.2 Å². The number of ether oxygens (including phenoxy) is 1. The lowest BCUT2D eigenvalue weighted by Crippen LogP contribution is -2.41. The molecular weight excluding hydrogens is 495 g/mol. The molecule has 1 saturated heterocycles. The molecule has 0 spiro atoms. The highest BCUT2D eigenvalue weighted by molar-refractivity contribution is 5.76. The van der Waals surface area contributed by atoms with Gasteiger partial charge < -0.3 is 20.3 Å². The van der Waals surface area contributed by atoms with Crippen molar-refractivity contribution < 1.29 is 17.9 Å². The average Bonchev–Trinajstić information content (AvgIpc) is 3.21. The molecule has 11 heteroatoms. The van der Waals surface area contributed by atoms with Crippen molar-refractivity contribution >= 4 is 28.7 Å². The standard InChI is InChI=1S/C27H36F3N7O/c1-26(11-13-38-14-12-26)35-24-31-16-22-23(34-24)37(21-9-7-18(8-10-21)17-36(2)3)25(33-22)32-20-6-4-5-19(15-20)27(28,29)30/h4-6,15-16,18,21H,7-14,17H2,1-3H3,(H,32,33)(H,31,34,35)/t18-,21-. The summed E-state index contributed by atoms with van der Waals surface area (Å²) in [4.78, 5) is 16.4. The molecule has 1 saturated carbocycles. The molecule has 1 aliphatic carbocycles. The van der Waals surface area contributed by atoms with E-state index in [1.165, 1.54) is 6.07 Å². The quantitative estimate of drug-likeness (QED) is 0.395. The molecule has 2 fully saturated rings. The smallest absolute Gasteiger partial charge is 0.381 e. The molecule has 0 bridgehead atoms. The Kier molecular flexibility index (Phi) is 7.50. The second kappa shape index (κ2) is 10.7. The predicted molar refractivity (Wildman–Crippen MR) is 142 cm³/mol. The summed E-state index contributed by atoms with van der Waals surface area (Å²) in [5.74, 6) is 1.63. The van der Waals surface area contributed by atoms with Gasteiger partial charge in [-0.05, 0) is 83.7 Å². The molecule has 1 aliphatic heterocycles. The number of nitrogens with one attached hydrogen (secondary N) is 2. The first kappa shape index (κ1) is 26.7. The van der Waals surface area contributed by atoms with E-state index in [4.69, 9.17) is 14.7 Å². The number of imidazole rings is 1. The highest BCUT2D eigenvalue weighted by Crippen LogP contribution is 2.38. The van der Waals surface area contributed by atoms with Crippen molar-refractivity contribution in [1.29, 1.82) is 0 Å². The average molecular weight is 532 g/mol. The van der Waals surface area contributed by atoms with E-state index in [0.717, 1.165) is 57.2 Å². The fourth-order valence-electron chi connectivity index (χ4n) is 5.61. The third-order valence-electron chi connectivity index (χ3n) is 7.69. The molecule has 0 amide bonds. The van der Waals surface area contributed by atoms with Crippen LogP contribution >= 0.6 is 0 Å². The molecule has 0 atom stereocenters. The Morgan fingerprint density at radius 1 is 1.11 bits per heavy atom. The molecule has 2 N–H and O–H groups in total. The molecule has 2 aromatic heterocycles. The lowest BCUT2D eigenvalue weighted by Gasteiger charge is -2.34. The van der Waals surface area contributed by atoms with Gasteiger partial charge in [-0.3, -0.25) is 4.57 Å². The Labute approximate surface area is 221 Å². The van der Waals surface area contributed by atoms with Crippen LogP contribution in [-0.4, -0.2) is 63.8 Å². The first-order valence-corrected chi connectivity index (χ1v) is 13.3. The number of benzene rings is 1. The Bertz CT molecular complexity index is 1250. The SMILES string of the molecule is CN(C)C[C@H]1CC[C@H](n2c(Nc3cccc(C(F)(F)F)c3)nc3cnc(NC4(C)CCOCC4)nc32)CC1. The maximum absolute atomic E-state index is 13.4. The van der Waals surface area contributed by atoms with Crippen molar-refractivity contribution in [1.82, 2.24) is 24.4 Å². The summed E-state index contributed by atoms with van der Waals surface area (Å²) in [7, 11) is 4.19. The van der Waals surface area contributed by atoms with Crippen LogP contribution in [0.1, 0.15) is 57.1 Å². The first-order valence-electron chi connectivity index (χ1n) is 13.3. The monoisotopic (exact) mass is 531 g/mol. The van der Waals surface area contributed by atoms with Gasteiger partial charge in [-0.1, -0.05) is 6.07 Å². The van der Waals surface area contributed by atoms with Crippen LogP contribution in [0.15, 0.2) is 30.5 Å². The maximum Gasteiger partial charge on any atom is 0.416 e. The van der Waals surface area contributed by atoms with Gasteiger partial charge in [0, 0.05) is 37.0 Å². The second-order valence-electron chi connectivity index (χ2n) is 11.1. The Balaban J connectivity index is 1.49. The summed E-state index contributed by atoms with van der Waals surface area (Å²) in [6.07, 6.45) is 3.01. The zero-order chi connectivity index (χ0) is 26.9. The van der Waals surface area contributed by atoms with Crippen molar-refractivity contribution in [2.45, 2.75) is 63.2 Å². The van der Waals surface area contributed by atoms with Gasteiger partial charge in [0.25, 0.3) is 0 Å². The zero-order valence-corrected chi connectivity index (χ0v) is 22.2. The maximum atomic E-state index is 13.4. The van der Waals surface area contributed by atoms with Gasteiger partial charge in [0.05, 0.1) is 11.8 Å². The van der Waals surface area contributed by atoms with Crippen LogP contribution in [0.5, 0.6) is 0 Å². The summed E-state index contributed by atoms with van der Waals surface area (Å²) >= 11 is 0. The van der Waals surface area contributed by atoms with Crippen LogP contribution in [0.4, 0.5) is 30.8 Å². The van der Waals surface area contributed by atoms with Crippen LogP contribution in [0.2, 0.25) is 0 Å². The number of alkyl halides is 3. The molecule has 3 aromatic rings. The topological polar surface area (TPSA) is 80.1 Å². The van der Waals surface area contributed by atoms with E-state index in [2.05, 4.69) is 46.1 Å². The molecule has 3 heterocycles. The summed E-state index contributed by atoms with van der Waals surface area (Å²) in [6.45, 7) is 4.56. The highest BCUT2D eigenvalue weighted by Gasteiger charge is 2.32. The fraction of sp³-hybridized carbons (Fsp3) is 0.593. The van der Waals surface area contributed by atoms with Gasteiger partial charge in [-0.25, -0.2) is 9.97 Å². The van der Waals surface area contributed by atoms with Gasteiger partial charge in [-0.15, -0.1) is 0 Å². The van der Waals surface area contributed by atoms with E-state index in [1.54, 1.807) is 12.3 Å². The van der Waals surface area contributed by atoms with Gasteiger partial charge >= 0.3 is 6.18 Å². The first-order chi connectivity index (χ1) is 18.1. The molecule has 206 valence electrons. The Morgan fingerprint density at radius 2 is 1.84 bits per heavy atom. The molecule has 2 aliphatic rings. The minimum Gasteiger partial charge on any atom is -0.381 e. The van der Waals surface area contributed by atoms with Gasteiger partial charge in [0.1, 0.15) is 5.52 Å². The number of hydrogen-bond acceptors (Lipinski definition) is 7. The van der Waals surface area contributed by atoms with Crippen molar-refractivity contribution in [3.63, 3.8) is 0 Å². The summed E-state index contributed by atoms with van der Waals surface area (Å²) in [6, 6.07) is 5.34. The molecule has 38 heavy (non-hydrogen) atoms. The van der Waals surface area contributed by atoms with Crippen molar-refractivity contribution in [2.75, 3.05) is 44.5 Å². The number of anilines is 3. The van der Waals surface area contributed by atoms with Gasteiger partial charge in [0.2, 0.25) is 11.9 Å². The van der Waals surface area contributed by atoms with Crippen molar-refractivity contribution in [3.05, 3.63) is 36.0 Å². The minimum atomic E-state index is -4.42. The van der Waals surface area contributed by atoms with Crippen molar-refractivity contribution in [3.8, 4) is 0 Å². The van der Waals surface area contributed by atoms with Gasteiger partial charge in [-0.2, -0.15) is 18.2 Å². The number of hydrogen-bond donors (Lipinski definition) is 2. The second-order valence-corrected chi connectivity index (χ2v) is 11.1. The number of halogens is 3. The molecular formula is C27H36F3N7O. The number of nitrogens with zero attached hydrogens (tertiary/aromatic N) is 5. The Hall–Kier alpha value is -2.92. The summed E-state index contributed by atoms with van der Waals surface area (Å²) < 4.78 is 47.6. The normalized spacial score (nSPS) is 22.1. The number of rotatable bonds is 7. The largest absolute Gasteiger partial charge is 0.416 e. The number of fused-ring (bicyclic) bond motifs is 1. The Morgan fingerprint density at radius 3 is 2.53 bits per heavy atom. The van der Waals surface area contributed by atoms with E-state index in [-0.39, 0.29) is 11.6 Å². The van der Waals surface area contributed by atoms with E-state index in [0.29, 0.717) is 47.9 Å². The highest BCUT2D eigenvalue weighted by atomic mass is 19.4. The summed E-state index contributed by atoms with van der Waals surface area (Å²) in [5, 5.41) is 6.66. The number of aromatic nitrogens is 4. The van der Waals surface area contributed by atoms with E-state index in [9.17, 15) is 13.2 Å². The van der Waals surface area contributed by atoms with Crippen molar-refractivity contribution in [2.24, 2.45) is 5.92 Å². The molecule has 5 rings (SSSR count). The molecule has 0 radical (unpaired) electrons. The van der Waals surface area contributed by atoms with E-state index in [1.807, 2.05) is 0 Å². The molecule has 0 unspecified atom stereocenters. The van der Waals surface area contributed by atoms with Gasteiger partial charge in [0.15, 0.2) is 5.65 Å². The van der Waals surface area contributed by atoms with Crippen LogP contribution in [0.3, 0.4) is 0 Å². The lowest BCUT2D eigenvalue weighted by molar-refractivity contribution is -0.137. The zero-order valence-electron chi connectivity index (χ0n) is 22.2. The predicted octanol–water partition coefficient (Wildman–Crippen LogP) is 5.86. The lowest BCUT2D eigenvalue weighted by atomic mass is 9.85. The fourth-order valence-corrected chi connectivity index (χ4v) is 5.61. The molecule has 8 nitrogen and oxygen atoms in total. The van der Waals surface area contributed by atoms with Crippen LogP contribution in [-0.2, 0) is 10.9 Å².